The van der Waals surface area contributed by atoms with E-state index in [9.17, 15) is 4.79 Å². The Balaban J connectivity index is 1.55. The number of fused-ring (bicyclic) bond motifs is 3. The second-order valence-corrected chi connectivity index (χ2v) is 7.09. The van der Waals surface area contributed by atoms with Gasteiger partial charge in [0.1, 0.15) is 5.69 Å². The van der Waals surface area contributed by atoms with E-state index in [1.165, 1.54) is 19.5 Å². The van der Waals surface area contributed by atoms with Gasteiger partial charge in [-0.15, -0.1) is 11.3 Å². The number of hydrogen-bond donors (Lipinski definition) is 1. The highest BCUT2D eigenvalue weighted by Gasteiger charge is 2.33. The summed E-state index contributed by atoms with van der Waals surface area (Å²) in [5, 5.41) is 6.15. The molecule has 6 heteroatoms. The fourth-order valence-electron chi connectivity index (χ4n) is 3.62. The third-order valence-electron chi connectivity index (χ3n) is 4.63. The smallest absolute Gasteiger partial charge is 0.270 e. The fourth-order valence-corrected chi connectivity index (χ4v) is 4.47. The van der Waals surface area contributed by atoms with Gasteiger partial charge >= 0.3 is 0 Å². The van der Waals surface area contributed by atoms with Gasteiger partial charge in [-0.05, 0) is 42.8 Å². The quantitative estimate of drug-likeness (QED) is 0.942. The number of pyridine rings is 1. The van der Waals surface area contributed by atoms with Crippen molar-refractivity contribution >= 4 is 27.3 Å². The van der Waals surface area contributed by atoms with Crippen LogP contribution in [0.2, 0.25) is 0 Å². The van der Waals surface area contributed by atoms with Crippen LogP contribution in [0.5, 0.6) is 5.88 Å². The molecule has 5 nitrogen and oxygen atoms in total. The van der Waals surface area contributed by atoms with Crippen LogP contribution in [-0.2, 0) is 0 Å². The predicted molar refractivity (Wildman–Crippen MR) is 86.6 cm³/mol. The van der Waals surface area contributed by atoms with Gasteiger partial charge < -0.3 is 15.0 Å². The van der Waals surface area contributed by atoms with Crippen molar-refractivity contribution in [3.63, 3.8) is 0 Å². The average molecular weight is 317 g/mol. The van der Waals surface area contributed by atoms with Crippen LogP contribution in [0.25, 0.3) is 10.1 Å². The van der Waals surface area contributed by atoms with Crippen LogP contribution in [0, 0.1) is 5.92 Å². The zero-order chi connectivity index (χ0) is 15.1. The molecule has 4 heterocycles. The van der Waals surface area contributed by atoms with Crippen LogP contribution >= 0.6 is 11.3 Å². The van der Waals surface area contributed by atoms with Crippen LogP contribution in [0.3, 0.4) is 0 Å². The summed E-state index contributed by atoms with van der Waals surface area (Å²) >= 11 is 1.58. The Morgan fingerprint density at radius 1 is 1.50 bits per heavy atom. The molecule has 1 amide bonds. The molecule has 2 fully saturated rings. The summed E-state index contributed by atoms with van der Waals surface area (Å²) in [5.74, 6) is 1.17. The van der Waals surface area contributed by atoms with E-state index >= 15 is 0 Å². The summed E-state index contributed by atoms with van der Waals surface area (Å²) in [4.78, 5) is 19.3. The van der Waals surface area contributed by atoms with Crippen molar-refractivity contribution in [1.82, 2.24) is 15.2 Å². The molecule has 3 unspecified atom stereocenters. The van der Waals surface area contributed by atoms with E-state index in [0.717, 1.165) is 29.0 Å². The van der Waals surface area contributed by atoms with Crippen LogP contribution in [-0.4, -0.2) is 48.6 Å². The maximum absolute atomic E-state index is 12.5. The third kappa shape index (κ3) is 2.46. The fraction of sp³-hybridized carbons (Fsp3) is 0.500. The van der Waals surface area contributed by atoms with Crippen molar-refractivity contribution in [1.29, 1.82) is 0 Å². The molecule has 0 saturated carbocycles. The van der Waals surface area contributed by atoms with Gasteiger partial charge in [0.2, 0.25) is 5.88 Å². The number of amides is 1. The number of hydrogen-bond acceptors (Lipinski definition) is 5. The molecule has 2 aliphatic heterocycles. The number of piperidine rings is 1. The van der Waals surface area contributed by atoms with Crippen molar-refractivity contribution in [2.24, 2.45) is 5.92 Å². The predicted octanol–water partition coefficient (Wildman–Crippen LogP) is 2.13. The molecule has 2 aromatic rings. The van der Waals surface area contributed by atoms with E-state index in [-0.39, 0.29) is 11.9 Å². The highest BCUT2D eigenvalue weighted by atomic mass is 32.1. The Morgan fingerprint density at radius 2 is 2.41 bits per heavy atom. The van der Waals surface area contributed by atoms with Crippen molar-refractivity contribution in [2.75, 3.05) is 26.7 Å². The number of nitrogens with zero attached hydrogens (tertiary/aromatic N) is 2. The molecule has 0 aliphatic carbocycles. The molecule has 2 aliphatic rings. The van der Waals surface area contributed by atoms with Gasteiger partial charge in [-0.25, -0.2) is 4.98 Å². The number of ether oxygens (including phenoxy) is 1. The molecule has 2 saturated heterocycles. The summed E-state index contributed by atoms with van der Waals surface area (Å²) in [7, 11) is 1.59. The minimum absolute atomic E-state index is 0.0982. The van der Waals surface area contributed by atoms with Crippen LogP contribution in [0.1, 0.15) is 23.3 Å². The Hall–Kier alpha value is -1.66. The first-order chi connectivity index (χ1) is 10.7. The number of carbonyl (C=O) groups excluding carboxylic acids is 1. The van der Waals surface area contributed by atoms with E-state index in [4.69, 9.17) is 4.74 Å². The third-order valence-corrected chi connectivity index (χ3v) is 5.55. The zero-order valence-corrected chi connectivity index (χ0v) is 13.4. The van der Waals surface area contributed by atoms with Gasteiger partial charge in [0.05, 0.1) is 11.8 Å². The molecule has 2 bridgehead atoms. The van der Waals surface area contributed by atoms with E-state index < -0.39 is 0 Å². The van der Waals surface area contributed by atoms with E-state index in [2.05, 4.69) is 15.2 Å². The molecule has 4 rings (SSSR count). The Labute approximate surface area is 133 Å². The van der Waals surface area contributed by atoms with Gasteiger partial charge in [0.15, 0.2) is 0 Å². The highest BCUT2D eigenvalue weighted by molar-refractivity contribution is 7.17. The van der Waals surface area contributed by atoms with E-state index in [0.29, 0.717) is 11.6 Å². The summed E-state index contributed by atoms with van der Waals surface area (Å²) in [6, 6.07) is 4.08. The molecule has 0 spiro atoms. The number of aromatic nitrogens is 1. The van der Waals surface area contributed by atoms with Crippen LogP contribution in [0.15, 0.2) is 17.5 Å². The molecule has 22 heavy (non-hydrogen) atoms. The maximum atomic E-state index is 12.5. The minimum Gasteiger partial charge on any atom is -0.480 e. The summed E-state index contributed by atoms with van der Waals surface area (Å²) in [6.07, 6.45) is 2.35. The van der Waals surface area contributed by atoms with Gasteiger partial charge in [-0.3, -0.25) is 4.79 Å². The lowest BCUT2D eigenvalue weighted by atomic mass is 9.97. The van der Waals surface area contributed by atoms with E-state index in [1.807, 2.05) is 17.5 Å². The normalized spacial score (nSPS) is 27.0. The van der Waals surface area contributed by atoms with E-state index in [1.54, 1.807) is 18.4 Å². The molecule has 0 aromatic carbocycles. The maximum Gasteiger partial charge on any atom is 0.270 e. The SMILES string of the molecule is COc1nc(C(=O)NC2CC3CCN(C3)C2)cc2ccsc12. The Bertz CT molecular complexity index is 702. The molecule has 116 valence electrons. The highest BCUT2D eigenvalue weighted by Crippen LogP contribution is 2.30. The second-order valence-electron chi connectivity index (χ2n) is 6.18. The van der Waals surface area contributed by atoms with Crippen molar-refractivity contribution in [3.8, 4) is 5.88 Å². The van der Waals surface area contributed by atoms with Crippen LogP contribution < -0.4 is 10.1 Å². The Kier molecular flexibility index (Phi) is 3.50. The molecule has 3 atom stereocenters. The summed E-state index contributed by atoms with van der Waals surface area (Å²) < 4.78 is 6.31. The van der Waals surface area contributed by atoms with Gasteiger partial charge in [0, 0.05) is 24.5 Å². The number of carbonyl (C=O) groups is 1. The lowest BCUT2D eigenvalue weighted by Gasteiger charge is -2.30. The first-order valence-electron chi connectivity index (χ1n) is 7.68. The molecular weight excluding hydrogens is 298 g/mol. The number of rotatable bonds is 3. The monoisotopic (exact) mass is 317 g/mol. The molecular formula is C16H19N3O2S. The number of thiophene rings is 1. The first-order valence-corrected chi connectivity index (χ1v) is 8.56. The topological polar surface area (TPSA) is 54.5 Å². The number of nitrogens with one attached hydrogen (secondary N) is 1. The summed E-state index contributed by atoms with van der Waals surface area (Å²) in [6.45, 7) is 3.32. The van der Waals surface area contributed by atoms with Crippen LogP contribution in [0.4, 0.5) is 0 Å². The molecule has 1 N–H and O–H groups in total. The summed E-state index contributed by atoms with van der Waals surface area (Å²) in [5.41, 5.74) is 0.440. The van der Waals surface area contributed by atoms with Gasteiger partial charge in [-0.1, -0.05) is 0 Å². The van der Waals surface area contributed by atoms with Crippen molar-refractivity contribution < 1.29 is 9.53 Å². The molecule has 2 aromatic heterocycles. The second kappa shape index (κ2) is 5.52. The molecule has 0 radical (unpaired) electrons. The largest absolute Gasteiger partial charge is 0.480 e. The van der Waals surface area contributed by atoms with Gasteiger partial charge in [0.25, 0.3) is 5.91 Å². The average Bonchev–Trinajstić information content (AvgIpc) is 3.12. The number of methoxy groups -OCH3 is 1. The lowest BCUT2D eigenvalue weighted by molar-refractivity contribution is 0.0903. The van der Waals surface area contributed by atoms with Crippen molar-refractivity contribution in [2.45, 2.75) is 18.9 Å². The van der Waals surface area contributed by atoms with Crippen molar-refractivity contribution in [3.05, 3.63) is 23.2 Å². The first kappa shape index (κ1) is 14.0. The lowest BCUT2D eigenvalue weighted by Crippen LogP contribution is -2.47. The Morgan fingerprint density at radius 3 is 3.23 bits per heavy atom. The standard InChI is InChI=1S/C16H19N3O2S/c1-21-16-14-11(3-5-22-14)7-13(18-16)15(20)17-12-6-10-2-4-19(8-10)9-12/h3,5,7,10,12H,2,4,6,8-9H2,1H3,(H,17,20). The van der Waals surface area contributed by atoms with Gasteiger partial charge in [-0.2, -0.15) is 0 Å². The minimum atomic E-state index is -0.0982. The zero-order valence-electron chi connectivity index (χ0n) is 12.5.